The Labute approximate surface area is 270 Å². The first-order valence-electron chi connectivity index (χ1n) is 16.1. The molecule has 0 atom stereocenters. The zero-order valence-corrected chi connectivity index (χ0v) is 27.1. The SMILES string of the molecule is CC[N+](CC)=C(/C=C/C=C(/O/C(=C/C=C/C(c1ccccc1)=[N+](CC)CC)c1ccccc1)c1ccccc1)c1ccccc1. The van der Waals surface area contributed by atoms with E-state index in [-0.39, 0.29) is 0 Å². The van der Waals surface area contributed by atoms with Gasteiger partial charge < -0.3 is 4.74 Å². The van der Waals surface area contributed by atoms with Crippen molar-refractivity contribution < 1.29 is 13.9 Å². The van der Waals surface area contributed by atoms with Crippen LogP contribution in [0.1, 0.15) is 49.9 Å². The molecule has 0 fully saturated rings. The molecule has 0 aliphatic rings. The second kappa shape index (κ2) is 17.9. The lowest BCUT2D eigenvalue weighted by atomic mass is 10.1. The Kier molecular flexibility index (Phi) is 13.1. The van der Waals surface area contributed by atoms with E-state index >= 15 is 0 Å². The van der Waals surface area contributed by atoms with Crippen molar-refractivity contribution in [3.63, 3.8) is 0 Å². The van der Waals surface area contributed by atoms with Crippen molar-refractivity contribution in [3.8, 4) is 0 Å². The number of allylic oxidation sites excluding steroid dienone is 6. The van der Waals surface area contributed by atoms with Gasteiger partial charge in [-0.15, -0.1) is 0 Å². The van der Waals surface area contributed by atoms with Crippen LogP contribution < -0.4 is 0 Å². The van der Waals surface area contributed by atoms with Gasteiger partial charge in [-0.3, -0.25) is 0 Å². The molecule has 0 aromatic heterocycles. The maximum Gasteiger partial charge on any atom is 0.207 e. The molecule has 4 aromatic carbocycles. The summed E-state index contributed by atoms with van der Waals surface area (Å²) in [5.74, 6) is 1.55. The number of rotatable bonds is 14. The third-order valence-corrected chi connectivity index (χ3v) is 7.69. The van der Waals surface area contributed by atoms with Crippen LogP contribution in [0.25, 0.3) is 11.5 Å². The summed E-state index contributed by atoms with van der Waals surface area (Å²) in [6, 6.07) is 41.7. The van der Waals surface area contributed by atoms with Gasteiger partial charge in [-0.25, -0.2) is 9.15 Å². The lowest BCUT2D eigenvalue weighted by Gasteiger charge is -2.14. The molecular weight excluding hydrogens is 548 g/mol. The lowest BCUT2D eigenvalue weighted by Crippen LogP contribution is -2.20. The Morgan fingerprint density at radius 1 is 0.444 bits per heavy atom. The van der Waals surface area contributed by atoms with E-state index < -0.39 is 0 Å². The van der Waals surface area contributed by atoms with Crippen LogP contribution in [0.15, 0.2) is 158 Å². The fraction of sp³-hybridized carbons (Fsp3) is 0.190. The molecule has 0 bridgehead atoms. The van der Waals surface area contributed by atoms with Gasteiger partial charge in [-0.2, -0.15) is 0 Å². The van der Waals surface area contributed by atoms with E-state index in [0.717, 1.165) is 48.8 Å². The highest BCUT2D eigenvalue weighted by Crippen LogP contribution is 2.26. The predicted octanol–water partition coefficient (Wildman–Crippen LogP) is 9.28. The van der Waals surface area contributed by atoms with Gasteiger partial charge >= 0.3 is 0 Å². The summed E-state index contributed by atoms with van der Waals surface area (Å²) in [6.07, 6.45) is 12.7. The number of nitrogens with zero attached hydrogens (tertiary/aromatic N) is 2. The van der Waals surface area contributed by atoms with Crippen LogP contribution in [0.5, 0.6) is 0 Å². The summed E-state index contributed by atoms with van der Waals surface area (Å²) in [6.45, 7) is 12.5. The average Bonchev–Trinajstić information content (AvgIpc) is 3.11. The molecule has 0 unspecified atom stereocenters. The summed E-state index contributed by atoms with van der Waals surface area (Å²) in [7, 11) is 0. The van der Waals surface area contributed by atoms with Gasteiger partial charge in [-0.1, -0.05) is 109 Å². The zero-order valence-electron chi connectivity index (χ0n) is 27.1. The first kappa shape index (κ1) is 32.9. The van der Waals surface area contributed by atoms with E-state index in [4.69, 9.17) is 4.74 Å². The van der Waals surface area contributed by atoms with Crippen molar-refractivity contribution in [2.75, 3.05) is 26.2 Å². The van der Waals surface area contributed by atoms with E-state index in [1.807, 2.05) is 36.4 Å². The van der Waals surface area contributed by atoms with Gasteiger partial charge in [0.25, 0.3) is 0 Å². The van der Waals surface area contributed by atoms with Crippen molar-refractivity contribution in [1.82, 2.24) is 0 Å². The largest absolute Gasteiger partial charge is 0.456 e. The third kappa shape index (κ3) is 9.48. The maximum atomic E-state index is 6.80. The first-order valence-corrected chi connectivity index (χ1v) is 16.1. The van der Waals surface area contributed by atoms with Crippen LogP contribution >= 0.6 is 0 Å². The fourth-order valence-corrected chi connectivity index (χ4v) is 5.27. The molecule has 4 aromatic rings. The molecule has 4 rings (SSSR count). The lowest BCUT2D eigenvalue weighted by molar-refractivity contribution is -0.519. The second-order valence-electron chi connectivity index (χ2n) is 10.5. The standard InChI is InChI=1S/C42H46N2O/c1-5-43(6-2)39(35-23-13-9-14-24-35)31-21-33-41(37-27-17-11-18-28-37)45-42(38-29-19-12-20-30-38)34-22-32-40(44(7-3)8-4)36-25-15-10-16-26-36/h9-34H,5-8H2,1-4H3/q+2/b31-21+,32-22+,41-33+,42-34+. The number of hydrogen-bond acceptors (Lipinski definition) is 1. The molecule has 0 heterocycles. The van der Waals surface area contributed by atoms with Gasteiger partial charge in [0.2, 0.25) is 11.4 Å². The molecular formula is C42H46N2O+2. The molecule has 0 aliphatic heterocycles. The van der Waals surface area contributed by atoms with E-state index in [9.17, 15) is 0 Å². The molecule has 3 nitrogen and oxygen atoms in total. The van der Waals surface area contributed by atoms with E-state index in [0.29, 0.717) is 0 Å². The zero-order chi connectivity index (χ0) is 31.7. The van der Waals surface area contributed by atoms with Gasteiger partial charge in [0.05, 0.1) is 0 Å². The summed E-state index contributed by atoms with van der Waals surface area (Å²) in [4.78, 5) is 0. The Hall–Kier alpha value is -5.02. The third-order valence-electron chi connectivity index (χ3n) is 7.69. The Morgan fingerprint density at radius 3 is 1.02 bits per heavy atom. The quantitative estimate of drug-likeness (QED) is 0.0615. The molecule has 0 saturated carbocycles. The minimum atomic E-state index is 0.776. The molecule has 0 N–H and O–H groups in total. The van der Waals surface area contributed by atoms with Crippen LogP contribution in [-0.4, -0.2) is 46.8 Å². The van der Waals surface area contributed by atoms with Crippen molar-refractivity contribution in [2.45, 2.75) is 27.7 Å². The monoisotopic (exact) mass is 594 g/mol. The summed E-state index contributed by atoms with van der Waals surface area (Å²) in [5.41, 5.74) is 6.79. The second-order valence-corrected chi connectivity index (χ2v) is 10.5. The molecule has 0 radical (unpaired) electrons. The van der Waals surface area contributed by atoms with E-state index in [2.05, 4.69) is 158 Å². The van der Waals surface area contributed by atoms with Crippen LogP contribution in [0.4, 0.5) is 0 Å². The Bertz CT molecular complexity index is 1520. The maximum absolute atomic E-state index is 6.80. The fourth-order valence-electron chi connectivity index (χ4n) is 5.27. The summed E-state index contributed by atoms with van der Waals surface area (Å²) in [5, 5.41) is 0. The van der Waals surface area contributed by atoms with Crippen molar-refractivity contribution >= 4 is 22.9 Å². The smallest absolute Gasteiger partial charge is 0.207 e. The molecule has 228 valence electrons. The number of benzene rings is 4. The Balaban J connectivity index is 1.77. The highest BCUT2D eigenvalue weighted by molar-refractivity contribution is 6.06. The molecule has 0 amide bonds. The molecule has 0 spiro atoms. The van der Waals surface area contributed by atoms with Crippen LogP contribution in [0, 0.1) is 0 Å². The van der Waals surface area contributed by atoms with Gasteiger partial charge in [-0.05, 0) is 64.1 Å². The van der Waals surface area contributed by atoms with E-state index in [1.165, 1.54) is 22.6 Å². The molecule has 45 heavy (non-hydrogen) atoms. The van der Waals surface area contributed by atoms with Crippen LogP contribution in [-0.2, 0) is 4.74 Å². The van der Waals surface area contributed by atoms with Crippen LogP contribution in [0.2, 0.25) is 0 Å². The first-order chi connectivity index (χ1) is 22.2. The molecule has 0 aliphatic carbocycles. The highest BCUT2D eigenvalue weighted by atomic mass is 16.5. The summed E-state index contributed by atoms with van der Waals surface area (Å²) >= 11 is 0. The van der Waals surface area contributed by atoms with Gasteiger partial charge in [0.1, 0.15) is 37.7 Å². The van der Waals surface area contributed by atoms with Gasteiger partial charge in [0, 0.05) is 34.4 Å². The summed E-state index contributed by atoms with van der Waals surface area (Å²) < 4.78 is 11.5. The number of ether oxygens (including phenoxy) is 1. The highest BCUT2D eigenvalue weighted by Gasteiger charge is 2.13. The molecule has 0 saturated heterocycles. The minimum absolute atomic E-state index is 0.776. The van der Waals surface area contributed by atoms with Crippen molar-refractivity contribution in [2.24, 2.45) is 0 Å². The minimum Gasteiger partial charge on any atom is -0.456 e. The number of hydrogen-bond donors (Lipinski definition) is 0. The normalized spacial score (nSPS) is 12.0. The predicted molar refractivity (Wildman–Crippen MR) is 192 cm³/mol. The van der Waals surface area contributed by atoms with E-state index in [1.54, 1.807) is 0 Å². The van der Waals surface area contributed by atoms with Crippen molar-refractivity contribution in [1.29, 1.82) is 0 Å². The Morgan fingerprint density at radius 2 is 0.733 bits per heavy atom. The van der Waals surface area contributed by atoms with Crippen molar-refractivity contribution in [3.05, 3.63) is 180 Å². The topological polar surface area (TPSA) is 15.2 Å². The van der Waals surface area contributed by atoms with Gasteiger partial charge in [0.15, 0.2) is 0 Å². The average molecular weight is 595 g/mol. The molecule has 3 heteroatoms. The van der Waals surface area contributed by atoms with Crippen LogP contribution in [0.3, 0.4) is 0 Å².